The molecule has 9 heteroatoms. The van der Waals surface area contributed by atoms with Crippen LogP contribution in [-0.4, -0.2) is 56.9 Å². The highest BCUT2D eigenvalue weighted by Crippen LogP contribution is 2.17. The van der Waals surface area contributed by atoms with Crippen LogP contribution in [0.4, 0.5) is 5.82 Å². The van der Waals surface area contributed by atoms with E-state index in [0.717, 1.165) is 5.56 Å². The number of benzene rings is 1. The van der Waals surface area contributed by atoms with Gasteiger partial charge in [0, 0.05) is 37.5 Å². The molecular weight excluding hydrogens is 380 g/mol. The summed E-state index contributed by atoms with van der Waals surface area (Å²) in [4.78, 5) is 14.2. The Morgan fingerprint density at radius 3 is 2.79 bits per heavy atom. The number of hydrogen-bond acceptors (Lipinski definition) is 6. The number of halogens is 1. The maximum Gasteiger partial charge on any atom is 0.223 e. The molecule has 0 aliphatic carbocycles. The first-order chi connectivity index (χ1) is 13.7. The van der Waals surface area contributed by atoms with Crippen molar-refractivity contribution in [3.05, 3.63) is 52.8 Å². The average molecular weight is 401 g/mol. The molecule has 0 bridgehead atoms. The second kappa shape index (κ2) is 8.53. The van der Waals surface area contributed by atoms with Gasteiger partial charge in [-0.15, -0.1) is 15.3 Å². The minimum Gasteiger partial charge on any atom is -0.378 e. The minimum absolute atomic E-state index is 0.105. The molecule has 3 heterocycles. The molecule has 28 heavy (non-hydrogen) atoms. The highest BCUT2D eigenvalue weighted by Gasteiger charge is 2.18. The zero-order valence-electron chi connectivity index (χ0n) is 15.3. The lowest BCUT2D eigenvalue weighted by molar-refractivity contribution is -0.135. The van der Waals surface area contributed by atoms with Gasteiger partial charge < -0.3 is 15.0 Å². The summed E-state index contributed by atoms with van der Waals surface area (Å²) < 4.78 is 6.97. The first-order valence-corrected chi connectivity index (χ1v) is 9.62. The fraction of sp³-hybridized carbons (Fsp3) is 0.368. The number of nitrogens with one attached hydrogen (secondary N) is 1. The maximum atomic E-state index is 12.4. The third-order valence-corrected chi connectivity index (χ3v) is 5.04. The molecule has 1 aromatic carbocycles. The average Bonchev–Trinajstić information content (AvgIpc) is 3.14. The van der Waals surface area contributed by atoms with E-state index in [9.17, 15) is 4.79 Å². The fourth-order valence-corrected chi connectivity index (χ4v) is 3.30. The summed E-state index contributed by atoms with van der Waals surface area (Å²) in [6.45, 7) is 3.05. The molecule has 3 aromatic rings. The quantitative estimate of drug-likeness (QED) is 0.682. The second-order valence-electron chi connectivity index (χ2n) is 6.54. The van der Waals surface area contributed by atoms with Crippen LogP contribution in [0.5, 0.6) is 0 Å². The SMILES string of the molecule is O=C(CCc1nnc2ccc(NCc3ccccc3Cl)nn12)N1CCOCC1. The van der Waals surface area contributed by atoms with Gasteiger partial charge in [-0.25, -0.2) is 0 Å². The standard InChI is InChI=1S/C19H21ClN6O2/c20-15-4-2-1-3-14(15)13-21-16-5-6-17-22-23-18(26(17)24-16)7-8-19(27)25-9-11-28-12-10-25/h1-6H,7-13H2,(H,21,24). The summed E-state index contributed by atoms with van der Waals surface area (Å²) in [6.07, 6.45) is 0.859. The number of anilines is 1. The summed E-state index contributed by atoms with van der Waals surface area (Å²) in [5.41, 5.74) is 1.64. The fourth-order valence-electron chi connectivity index (χ4n) is 3.10. The van der Waals surface area contributed by atoms with Crippen molar-refractivity contribution < 1.29 is 9.53 Å². The van der Waals surface area contributed by atoms with Crippen molar-refractivity contribution in [2.45, 2.75) is 19.4 Å². The number of morpholine rings is 1. The third kappa shape index (κ3) is 4.23. The monoisotopic (exact) mass is 400 g/mol. The van der Waals surface area contributed by atoms with Crippen LogP contribution in [0.1, 0.15) is 17.8 Å². The van der Waals surface area contributed by atoms with E-state index < -0.39 is 0 Å². The van der Waals surface area contributed by atoms with Crippen LogP contribution in [0.3, 0.4) is 0 Å². The second-order valence-corrected chi connectivity index (χ2v) is 6.95. The number of carbonyl (C=O) groups is 1. The van der Waals surface area contributed by atoms with Gasteiger partial charge in [-0.3, -0.25) is 4.79 Å². The summed E-state index contributed by atoms with van der Waals surface area (Å²) in [5.74, 6) is 1.46. The zero-order chi connectivity index (χ0) is 19.3. The van der Waals surface area contributed by atoms with Crippen LogP contribution in [0.25, 0.3) is 5.65 Å². The summed E-state index contributed by atoms with van der Waals surface area (Å²) in [7, 11) is 0. The predicted molar refractivity (Wildman–Crippen MR) is 105 cm³/mol. The normalized spacial score (nSPS) is 14.4. The van der Waals surface area contributed by atoms with E-state index in [1.807, 2.05) is 41.3 Å². The number of amides is 1. The highest BCUT2D eigenvalue weighted by atomic mass is 35.5. The Hall–Kier alpha value is -2.71. The smallest absolute Gasteiger partial charge is 0.223 e. The Bertz CT molecular complexity index is 970. The number of aryl methyl sites for hydroxylation is 1. The third-order valence-electron chi connectivity index (χ3n) is 4.67. The van der Waals surface area contributed by atoms with Crippen molar-refractivity contribution in [2.24, 2.45) is 0 Å². The summed E-state index contributed by atoms with van der Waals surface area (Å²) in [5, 5.41) is 16.9. The number of nitrogens with zero attached hydrogens (tertiary/aromatic N) is 5. The number of hydrogen-bond donors (Lipinski definition) is 1. The Balaban J connectivity index is 1.42. The van der Waals surface area contributed by atoms with Crippen molar-refractivity contribution in [2.75, 3.05) is 31.6 Å². The van der Waals surface area contributed by atoms with Crippen molar-refractivity contribution >= 4 is 29.0 Å². The Labute approximate surface area is 167 Å². The molecule has 1 amide bonds. The molecule has 1 saturated heterocycles. The molecule has 4 rings (SSSR count). The van der Waals surface area contributed by atoms with Gasteiger partial charge in [-0.2, -0.15) is 4.52 Å². The molecule has 2 aromatic heterocycles. The van der Waals surface area contributed by atoms with Crippen LogP contribution in [0.2, 0.25) is 5.02 Å². The highest BCUT2D eigenvalue weighted by molar-refractivity contribution is 6.31. The van der Waals surface area contributed by atoms with Gasteiger partial charge in [0.05, 0.1) is 13.2 Å². The first kappa shape index (κ1) is 18.6. The van der Waals surface area contributed by atoms with Gasteiger partial charge in [-0.05, 0) is 23.8 Å². The van der Waals surface area contributed by atoms with Gasteiger partial charge in [-0.1, -0.05) is 29.8 Å². The largest absolute Gasteiger partial charge is 0.378 e. The lowest BCUT2D eigenvalue weighted by Crippen LogP contribution is -2.40. The molecule has 1 fully saturated rings. The van der Waals surface area contributed by atoms with Crippen molar-refractivity contribution in [1.82, 2.24) is 24.7 Å². The molecule has 146 valence electrons. The Morgan fingerprint density at radius 1 is 1.14 bits per heavy atom. The molecule has 1 aliphatic rings. The lowest BCUT2D eigenvalue weighted by Gasteiger charge is -2.26. The van der Waals surface area contributed by atoms with Gasteiger partial charge in [0.15, 0.2) is 11.5 Å². The topological polar surface area (TPSA) is 84.7 Å². The van der Waals surface area contributed by atoms with Crippen molar-refractivity contribution in [3.8, 4) is 0 Å². The Kier molecular flexibility index (Phi) is 5.68. The number of carbonyl (C=O) groups excluding carboxylic acids is 1. The number of rotatable bonds is 6. The molecule has 0 spiro atoms. The van der Waals surface area contributed by atoms with Crippen LogP contribution < -0.4 is 5.32 Å². The molecule has 0 saturated carbocycles. The molecular formula is C19H21ClN6O2. The van der Waals surface area contributed by atoms with Crippen LogP contribution in [0.15, 0.2) is 36.4 Å². The van der Waals surface area contributed by atoms with Crippen molar-refractivity contribution in [1.29, 1.82) is 0 Å². The molecule has 1 aliphatic heterocycles. The minimum atomic E-state index is 0.105. The molecule has 0 atom stereocenters. The molecule has 0 unspecified atom stereocenters. The Morgan fingerprint density at radius 2 is 1.96 bits per heavy atom. The van der Waals surface area contributed by atoms with E-state index >= 15 is 0 Å². The lowest BCUT2D eigenvalue weighted by atomic mass is 10.2. The van der Waals surface area contributed by atoms with Crippen LogP contribution in [-0.2, 0) is 22.5 Å². The van der Waals surface area contributed by atoms with E-state index in [4.69, 9.17) is 16.3 Å². The molecule has 8 nitrogen and oxygen atoms in total. The molecule has 1 N–H and O–H groups in total. The van der Waals surface area contributed by atoms with Crippen LogP contribution in [0, 0.1) is 0 Å². The summed E-state index contributed by atoms with van der Waals surface area (Å²) in [6, 6.07) is 11.4. The van der Waals surface area contributed by atoms with Crippen molar-refractivity contribution in [3.63, 3.8) is 0 Å². The van der Waals surface area contributed by atoms with Gasteiger partial charge in [0.25, 0.3) is 0 Å². The number of aromatic nitrogens is 4. The van der Waals surface area contributed by atoms with E-state index in [0.29, 0.717) is 68.0 Å². The number of fused-ring (bicyclic) bond motifs is 1. The van der Waals surface area contributed by atoms with E-state index in [2.05, 4.69) is 20.6 Å². The van der Waals surface area contributed by atoms with Gasteiger partial charge in [0.1, 0.15) is 5.82 Å². The zero-order valence-corrected chi connectivity index (χ0v) is 16.1. The van der Waals surface area contributed by atoms with Gasteiger partial charge in [0.2, 0.25) is 5.91 Å². The molecule has 0 radical (unpaired) electrons. The first-order valence-electron chi connectivity index (χ1n) is 9.25. The van der Waals surface area contributed by atoms with E-state index in [1.54, 1.807) is 4.52 Å². The maximum absolute atomic E-state index is 12.4. The predicted octanol–water partition coefficient (Wildman–Crippen LogP) is 2.18. The summed E-state index contributed by atoms with van der Waals surface area (Å²) >= 11 is 6.20. The van der Waals surface area contributed by atoms with E-state index in [-0.39, 0.29) is 5.91 Å². The van der Waals surface area contributed by atoms with E-state index in [1.165, 1.54) is 0 Å². The van der Waals surface area contributed by atoms with Crippen LogP contribution >= 0.6 is 11.6 Å². The number of ether oxygens (including phenoxy) is 1. The van der Waals surface area contributed by atoms with Gasteiger partial charge >= 0.3 is 0 Å².